The lowest BCUT2D eigenvalue weighted by atomic mass is 10.2. The molecule has 0 bridgehead atoms. The van der Waals surface area contributed by atoms with Gasteiger partial charge in [-0.25, -0.2) is 0 Å². The quantitative estimate of drug-likeness (QED) is 0.773. The maximum atomic E-state index is 9.65. The van der Waals surface area contributed by atoms with Crippen LogP contribution < -0.4 is 4.90 Å². The molecule has 3 nitrogen and oxygen atoms in total. The minimum atomic E-state index is 0.274. The van der Waals surface area contributed by atoms with Crippen molar-refractivity contribution in [2.45, 2.75) is 0 Å². The van der Waals surface area contributed by atoms with Crippen LogP contribution in [0, 0.1) is 0 Å². The van der Waals surface area contributed by atoms with E-state index in [1.807, 2.05) is 0 Å². The van der Waals surface area contributed by atoms with Crippen molar-refractivity contribution in [1.29, 1.82) is 0 Å². The molecule has 0 amide bonds. The highest BCUT2D eigenvalue weighted by Gasteiger charge is 2.14. The number of phenols is 1. The van der Waals surface area contributed by atoms with E-state index in [9.17, 15) is 5.11 Å². The third-order valence-corrected chi connectivity index (χ3v) is 2.52. The molecule has 0 radical (unpaired) electrons. The summed E-state index contributed by atoms with van der Waals surface area (Å²) in [4.78, 5) is 2.07. The molecule has 1 saturated heterocycles. The van der Waals surface area contributed by atoms with Crippen molar-refractivity contribution in [3.63, 3.8) is 0 Å². The van der Waals surface area contributed by atoms with Gasteiger partial charge in [-0.15, -0.1) is 0 Å². The molecule has 0 unspecified atom stereocenters. The Balaban J connectivity index is 2.24. The number of rotatable bonds is 1. The van der Waals surface area contributed by atoms with E-state index in [1.54, 1.807) is 18.2 Å². The van der Waals surface area contributed by atoms with E-state index in [4.69, 9.17) is 16.3 Å². The van der Waals surface area contributed by atoms with Gasteiger partial charge in [0.05, 0.1) is 18.9 Å². The summed E-state index contributed by atoms with van der Waals surface area (Å²) in [5.41, 5.74) is 0.792. The molecule has 0 aromatic heterocycles. The summed E-state index contributed by atoms with van der Waals surface area (Å²) >= 11 is 5.87. The van der Waals surface area contributed by atoms with Gasteiger partial charge in [0.25, 0.3) is 0 Å². The average molecular weight is 214 g/mol. The normalized spacial score (nSPS) is 17.1. The van der Waals surface area contributed by atoms with Gasteiger partial charge in [-0.1, -0.05) is 11.6 Å². The van der Waals surface area contributed by atoms with E-state index in [0.29, 0.717) is 18.2 Å². The van der Waals surface area contributed by atoms with Crippen molar-refractivity contribution in [1.82, 2.24) is 0 Å². The summed E-state index contributed by atoms with van der Waals surface area (Å²) in [6.07, 6.45) is 0. The Bertz CT molecular complexity index is 324. The molecule has 1 fully saturated rings. The summed E-state index contributed by atoms with van der Waals surface area (Å²) in [6, 6.07) is 5.08. The van der Waals surface area contributed by atoms with Crippen molar-refractivity contribution in [2.75, 3.05) is 31.2 Å². The lowest BCUT2D eigenvalue weighted by Crippen LogP contribution is -2.36. The van der Waals surface area contributed by atoms with Crippen LogP contribution in [0.5, 0.6) is 5.75 Å². The fraction of sp³-hybridized carbons (Fsp3) is 0.400. The zero-order valence-corrected chi connectivity index (χ0v) is 8.50. The van der Waals surface area contributed by atoms with Crippen molar-refractivity contribution in [3.8, 4) is 5.75 Å². The molecule has 1 N–H and O–H groups in total. The highest BCUT2D eigenvalue weighted by atomic mass is 35.5. The summed E-state index contributed by atoms with van der Waals surface area (Å²) in [5, 5.41) is 10.3. The lowest BCUT2D eigenvalue weighted by molar-refractivity contribution is 0.122. The highest BCUT2D eigenvalue weighted by molar-refractivity contribution is 6.30. The lowest BCUT2D eigenvalue weighted by Gasteiger charge is -2.29. The third kappa shape index (κ3) is 1.94. The molecule has 1 aromatic carbocycles. The number of morpholine rings is 1. The molecule has 4 heteroatoms. The molecule has 0 aliphatic carbocycles. The van der Waals surface area contributed by atoms with Gasteiger partial charge in [-0.2, -0.15) is 0 Å². The van der Waals surface area contributed by atoms with Crippen LogP contribution >= 0.6 is 11.6 Å². The molecule has 14 heavy (non-hydrogen) atoms. The minimum absolute atomic E-state index is 0.274. The van der Waals surface area contributed by atoms with Gasteiger partial charge < -0.3 is 14.7 Å². The number of hydrogen-bond acceptors (Lipinski definition) is 3. The van der Waals surface area contributed by atoms with Gasteiger partial charge in [0.2, 0.25) is 0 Å². The standard InChI is InChI=1S/C10H12ClNO2/c11-8-1-2-10(13)9(7-8)12-3-5-14-6-4-12/h1-2,7,13H,3-6H2. The zero-order valence-electron chi connectivity index (χ0n) is 7.74. The van der Waals surface area contributed by atoms with Crippen molar-refractivity contribution in [3.05, 3.63) is 23.2 Å². The van der Waals surface area contributed by atoms with Gasteiger partial charge >= 0.3 is 0 Å². The summed E-state index contributed by atoms with van der Waals surface area (Å²) < 4.78 is 5.24. The number of anilines is 1. The second-order valence-electron chi connectivity index (χ2n) is 3.23. The Hall–Kier alpha value is -0.930. The molecule has 1 aliphatic heterocycles. The first-order valence-electron chi connectivity index (χ1n) is 4.58. The second kappa shape index (κ2) is 4.07. The van der Waals surface area contributed by atoms with Crippen LogP contribution in [0.2, 0.25) is 5.02 Å². The number of hydrogen-bond donors (Lipinski definition) is 1. The molecule has 2 rings (SSSR count). The SMILES string of the molecule is Oc1ccc(Cl)cc1N1CCOCC1. The zero-order chi connectivity index (χ0) is 9.97. The highest BCUT2D eigenvalue weighted by Crippen LogP contribution is 2.30. The van der Waals surface area contributed by atoms with Crippen molar-refractivity contribution < 1.29 is 9.84 Å². The predicted octanol–water partition coefficient (Wildman–Crippen LogP) is 1.88. The molecular formula is C10H12ClNO2. The maximum Gasteiger partial charge on any atom is 0.138 e. The Kier molecular flexibility index (Phi) is 2.79. The summed E-state index contributed by atoms with van der Waals surface area (Å²) in [5.74, 6) is 0.274. The van der Waals surface area contributed by atoms with E-state index in [-0.39, 0.29) is 5.75 Å². The van der Waals surface area contributed by atoms with E-state index in [1.165, 1.54) is 0 Å². The fourth-order valence-corrected chi connectivity index (χ4v) is 1.72. The smallest absolute Gasteiger partial charge is 0.138 e. The minimum Gasteiger partial charge on any atom is -0.506 e. The van der Waals surface area contributed by atoms with Gasteiger partial charge in [0.1, 0.15) is 5.75 Å². The van der Waals surface area contributed by atoms with Gasteiger partial charge in [-0.3, -0.25) is 0 Å². The second-order valence-corrected chi connectivity index (χ2v) is 3.67. The maximum absolute atomic E-state index is 9.65. The summed E-state index contributed by atoms with van der Waals surface area (Å²) in [6.45, 7) is 3.00. The van der Waals surface area contributed by atoms with Crippen molar-refractivity contribution >= 4 is 17.3 Å². The number of benzene rings is 1. The monoisotopic (exact) mass is 213 g/mol. The van der Waals surface area contributed by atoms with Gasteiger partial charge in [-0.05, 0) is 18.2 Å². The average Bonchev–Trinajstić information content (AvgIpc) is 2.23. The van der Waals surface area contributed by atoms with Crippen LogP contribution in [0.4, 0.5) is 5.69 Å². The predicted molar refractivity (Wildman–Crippen MR) is 56.1 cm³/mol. The first-order valence-corrected chi connectivity index (χ1v) is 4.96. The Labute approximate surface area is 87.9 Å². The van der Waals surface area contributed by atoms with E-state index in [0.717, 1.165) is 18.8 Å². The third-order valence-electron chi connectivity index (χ3n) is 2.29. The molecular weight excluding hydrogens is 202 g/mol. The number of aromatic hydroxyl groups is 1. The first-order chi connectivity index (χ1) is 6.77. The van der Waals surface area contributed by atoms with Gasteiger partial charge in [0.15, 0.2) is 0 Å². The van der Waals surface area contributed by atoms with Crippen LogP contribution in [0.3, 0.4) is 0 Å². The van der Waals surface area contributed by atoms with Gasteiger partial charge in [0, 0.05) is 18.1 Å². The van der Waals surface area contributed by atoms with Crippen LogP contribution in [0.1, 0.15) is 0 Å². The molecule has 0 spiro atoms. The van der Waals surface area contributed by atoms with Crippen LogP contribution in [-0.4, -0.2) is 31.4 Å². The first kappa shape index (κ1) is 9.62. The van der Waals surface area contributed by atoms with E-state index < -0.39 is 0 Å². The topological polar surface area (TPSA) is 32.7 Å². The van der Waals surface area contributed by atoms with E-state index >= 15 is 0 Å². The molecule has 1 aromatic rings. The molecule has 1 heterocycles. The van der Waals surface area contributed by atoms with Crippen LogP contribution in [0.25, 0.3) is 0 Å². The summed E-state index contributed by atoms with van der Waals surface area (Å²) in [7, 11) is 0. The number of halogens is 1. The molecule has 76 valence electrons. The Morgan fingerprint density at radius 1 is 1.29 bits per heavy atom. The van der Waals surface area contributed by atoms with E-state index in [2.05, 4.69) is 4.90 Å². The Morgan fingerprint density at radius 2 is 2.00 bits per heavy atom. The molecule has 0 atom stereocenters. The van der Waals surface area contributed by atoms with Crippen molar-refractivity contribution in [2.24, 2.45) is 0 Å². The number of nitrogens with zero attached hydrogens (tertiary/aromatic N) is 1. The molecule has 1 aliphatic rings. The van der Waals surface area contributed by atoms with Crippen LogP contribution in [-0.2, 0) is 4.74 Å². The largest absolute Gasteiger partial charge is 0.506 e. The molecule has 0 saturated carbocycles. The number of ether oxygens (including phenoxy) is 1. The number of phenolic OH excluding ortho intramolecular Hbond substituents is 1. The Morgan fingerprint density at radius 3 is 2.71 bits per heavy atom. The fourth-order valence-electron chi connectivity index (χ4n) is 1.55. The van der Waals surface area contributed by atoms with Crippen LogP contribution in [0.15, 0.2) is 18.2 Å².